The zero-order chi connectivity index (χ0) is 23.4. The summed E-state index contributed by atoms with van der Waals surface area (Å²) in [6.07, 6.45) is -4.73. The number of hydrogen-bond acceptors (Lipinski definition) is 4. The van der Waals surface area contributed by atoms with Crippen molar-refractivity contribution in [1.82, 2.24) is 0 Å². The summed E-state index contributed by atoms with van der Waals surface area (Å²) >= 11 is 0. The maximum atomic E-state index is 14.6. The van der Waals surface area contributed by atoms with Crippen LogP contribution in [0.1, 0.15) is 74.0 Å². The molecular weight excluding hydrogens is 416 g/mol. The van der Waals surface area contributed by atoms with Crippen LogP contribution in [0.3, 0.4) is 0 Å². The highest BCUT2D eigenvalue weighted by atomic mass is 19.4. The average Bonchev–Trinajstić information content (AvgIpc) is 2.63. The van der Waals surface area contributed by atoms with Crippen molar-refractivity contribution in [2.75, 3.05) is 0 Å². The first-order valence-electron chi connectivity index (χ1n) is 9.87. The van der Waals surface area contributed by atoms with E-state index in [0.717, 1.165) is 12.1 Å². The first-order valence-corrected chi connectivity index (χ1v) is 9.87. The Morgan fingerprint density at radius 1 is 1.03 bits per heavy atom. The van der Waals surface area contributed by atoms with E-state index in [0.29, 0.717) is 24.0 Å². The van der Waals surface area contributed by atoms with E-state index in [9.17, 15) is 27.5 Å². The van der Waals surface area contributed by atoms with Gasteiger partial charge in [0.15, 0.2) is 0 Å². The fraction of sp³-hybridized carbons (Fsp3) is 0.435. The fourth-order valence-electron chi connectivity index (χ4n) is 3.18. The molecule has 31 heavy (non-hydrogen) atoms. The van der Waals surface area contributed by atoms with Gasteiger partial charge >= 0.3 is 12.3 Å². The molecule has 0 saturated carbocycles. The molecule has 2 rings (SSSR count). The Hall–Kier alpha value is -2.61. The number of esters is 1. The van der Waals surface area contributed by atoms with Crippen molar-refractivity contribution in [3.05, 3.63) is 65.0 Å². The highest BCUT2D eigenvalue weighted by Crippen LogP contribution is 2.36. The Morgan fingerprint density at radius 3 is 2.10 bits per heavy atom. The Labute approximate surface area is 178 Å². The predicted octanol–water partition coefficient (Wildman–Crippen LogP) is 6.30. The van der Waals surface area contributed by atoms with Gasteiger partial charge in [-0.25, -0.2) is 9.18 Å². The lowest BCUT2D eigenvalue weighted by Crippen LogP contribution is -2.24. The van der Waals surface area contributed by atoms with Gasteiger partial charge in [-0.05, 0) is 62.6 Å². The van der Waals surface area contributed by atoms with Crippen LogP contribution in [-0.4, -0.2) is 23.0 Å². The van der Waals surface area contributed by atoms with E-state index in [1.807, 2.05) is 6.92 Å². The fourth-order valence-corrected chi connectivity index (χ4v) is 3.18. The number of rotatable bonds is 7. The summed E-state index contributed by atoms with van der Waals surface area (Å²) in [5.74, 6) is -2.48. The lowest BCUT2D eigenvalue weighted by atomic mass is 9.85. The van der Waals surface area contributed by atoms with E-state index in [4.69, 9.17) is 4.74 Å². The predicted molar refractivity (Wildman–Crippen MR) is 107 cm³/mol. The van der Waals surface area contributed by atoms with Crippen LogP contribution in [0.15, 0.2) is 42.5 Å². The lowest BCUT2D eigenvalue weighted by Gasteiger charge is -2.24. The molecule has 0 aliphatic heterocycles. The third kappa shape index (κ3) is 7.24. The number of carbonyl (C=O) groups is 1. The topological polar surface area (TPSA) is 55.8 Å². The number of aliphatic hydroxyl groups is 1. The van der Waals surface area contributed by atoms with Gasteiger partial charge in [-0.3, -0.25) is 0 Å². The minimum atomic E-state index is -4.81. The number of ether oxygens (including phenoxy) is 2. The minimum Gasteiger partial charge on any atom is -0.456 e. The van der Waals surface area contributed by atoms with Crippen LogP contribution < -0.4 is 4.74 Å². The van der Waals surface area contributed by atoms with Crippen molar-refractivity contribution in [2.24, 2.45) is 0 Å². The summed E-state index contributed by atoms with van der Waals surface area (Å²) < 4.78 is 60.7. The van der Waals surface area contributed by atoms with Crippen molar-refractivity contribution < 1.29 is 36.9 Å². The Bertz CT molecular complexity index is 886. The van der Waals surface area contributed by atoms with Gasteiger partial charge in [0.05, 0.1) is 11.7 Å². The van der Waals surface area contributed by atoms with Crippen molar-refractivity contribution in [1.29, 1.82) is 0 Å². The summed E-state index contributed by atoms with van der Waals surface area (Å²) in [4.78, 5) is 12.2. The van der Waals surface area contributed by atoms with Crippen LogP contribution >= 0.6 is 0 Å². The molecular formula is C23H26F4O4. The molecule has 0 spiro atoms. The van der Waals surface area contributed by atoms with Gasteiger partial charge in [0.25, 0.3) is 0 Å². The van der Waals surface area contributed by atoms with Crippen molar-refractivity contribution in [3.63, 3.8) is 0 Å². The van der Waals surface area contributed by atoms with Gasteiger partial charge in [-0.1, -0.05) is 31.5 Å². The number of aliphatic hydroxyl groups excluding tert-OH is 1. The quantitative estimate of drug-likeness (QED) is 0.404. The molecule has 0 aliphatic rings. The van der Waals surface area contributed by atoms with Gasteiger partial charge in [0.2, 0.25) is 0 Å². The number of benzene rings is 2. The molecule has 0 aromatic heterocycles. The molecule has 0 radical (unpaired) electrons. The molecule has 2 atom stereocenters. The van der Waals surface area contributed by atoms with E-state index in [1.54, 1.807) is 26.8 Å². The average molecular weight is 442 g/mol. The second-order valence-electron chi connectivity index (χ2n) is 8.20. The molecule has 2 aromatic carbocycles. The third-order valence-electron chi connectivity index (χ3n) is 4.48. The first kappa shape index (κ1) is 24.7. The summed E-state index contributed by atoms with van der Waals surface area (Å²) in [6, 6.07) is 8.94. The SMILES string of the molecule is CCCC(c1ccc(C(=O)OC(C)(C)C)c(F)c1)C(O)c1ccc(OC(F)(F)F)cc1. The van der Waals surface area contributed by atoms with Gasteiger partial charge in [0.1, 0.15) is 17.2 Å². The molecule has 4 nitrogen and oxygen atoms in total. The zero-order valence-corrected chi connectivity index (χ0v) is 17.8. The smallest absolute Gasteiger partial charge is 0.456 e. The molecule has 2 aromatic rings. The third-order valence-corrected chi connectivity index (χ3v) is 4.48. The lowest BCUT2D eigenvalue weighted by molar-refractivity contribution is -0.274. The summed E-state index contributed by atoms with van der Waals surface area (Å²) in [6.45, 7) is 6.92. The van der Waals surface area contributed by atoms with Crippen LogP contribution in [0, 0.1) is 5.82 Å². The molecule has 2 unspecified atom stereocenters. The molecule has 170 valence electrons. The van der Waals surface area contributed by atoms with E-state index in [-0.39, 0.29) is 5.56 Å². The molecule has 0 aliphatic carbocycles. The van der Waals surface area contributed by atoms with Crippen molar-refractivity contribution in [2.45, 2.75) is 64.5 Å². The molecule has 0 saturated heterocycles. The standard InChI is InChI=1S/C23H26F4O4/c1-5-6-17(20(28)14-7-10-16(11-8-14)30-23(25,26)27)15-9-12-18(19(24)13-15)21(29)31-22(2,3)4/h7-13,17,20,28H,5-6H2,1-4H3. The molecule has 0 amide bonds. The first-order chi connectivity index (χ1) is 14.3. The van der Waals surface area contributed by atoms with Crippen LogP contribution in [0.5, 0.6) is 5.75 Å². The summed E-state index contributed by atoms with van der Waals surface area (Å²) in [5.41, 5.74) is -0.151. The van der Waals surface area contributed by atoms with E-state index >= 15 is 0 Å². The second kappa shape index (κ2) is 9.68. The van der Waals surface area contributed by atoms with Gasteiger partial charge in [0, 0.05) is 5.92 Å². The monoisotopic (exact) mass is 442 g/mol. The van der Waals surface area contributed by atoms with Gasteiger partial charge < -0.3 is 14.6 Å². The maximum Gasteiger partial charge on any atom is 0.573 e. The van der Waals surface area contributed by atoms with Crippen molar-refractivity contribution >= 4 is 5.97 Å². The molecule has 8 heteroatoms. The Kier molecular flexibility index (Phi) is 7.70. The summed E-state index contributed by atoms with van der Waals surface area (Å²) in [5, 5.41) is 10.8. The zero-order valence-electron chi connectivity index (χ0n) is 17.8. The second-order valence-corrected chi connectivity index (χ2v) is 8.20. The van der Waals surface area contributed by atoms with Crippen LogP contribution in [0.4, 0.5) is 17.6 Å². The van der Waals surface area contributed by atoms with Crippen molar-refractivity contribution in [3.8, 4) is 5.75 Å². The molecule has 0 fully saturated rings. The van der Waals surface area contributed by atoms with Crippen LogP contribution in [-0.2, 0) is 4.74 Å². The van der Waals surface area contributed by atoms with Crippen LogP contribution in [0.25, 0.3) is 0 Å². The van der Waals surface area contributed by atoms with E-state index in [2.05, 4.69) is 4.74 Å². The highest BCUT2D eigenvalue weighted by molar-refractivity contribution is 5.90. The number of carbonyl (C=O) groups excluding carboxylic acids is 1. The van der Waals surface area contributed by atoms with E-state index < -0.39 is 41.5 Å². The number of alkyl halides is 3. The number of halogens is 4. The largest absolute Gasteiger partial charge is 0.573 e. The normalized spacial score (nSPS) is 14.1. The Balaban J connectivity index is 2.26. The molecule has 1 N–H and O–H groups in total. The molecule has 0 heterocycles. The van der Waals surface area contributed by atoms with Gasteiger partial charge in [-0.15, -0.1) is 13.2 Å². The highest BCUT2D eigenvalue weighted by Gasteiger charge is 2.31. The van der Waals surface area contributed by atoms with Crippen LogP contribution in [0.2, 0.25) is 0 Å². The maximum absolute atomic E-state index is 14.6. The molecule has 0 bridgehead atoms. The number of hydrogen-bond donors (Lipinski definition) is 1. The minimum absolute atomic E-state index is 0.211. The van der Waals surface area contributed by atoms with E-state index in [1.165, 1.54) is 24.3 Å². The Morgan fingerprint density at radius 2 is 1.61 bits per heavy atom. The summed E-state index contributed by atoms with van der Waals surface area (Å²) in [7, 11) is 0. The van der Waals surface area contributed by atoms with Gasteiger partial charge in [-0.2, -0.15) is 0 Å².